The monoisotopic (exact) mass is 227 g/mol. The number of aromatic nitrogens is 3. The molecular weight excluding hydrogens is 210 g/mol. The molecule has 1 aromatic rings. The van der Waals surface area contributed by atoms with Crippen molar-refractivity contribution in [1.82, 2.24) is 14.8 Å². The quantitative estimate of drug-likeness (QED) is 0.738. The van der Waals surface area contributed by atoms with Gasteiger partial charge >= 0.3 is 0 Å². The fourth-order valence-electron chi connectivity index (χ4n) is 2.87. The first-order valence-electron chi connectivity index (χ1n) is 5.65. The summed E-state index contributed by atoms with van der Waals surface area (Å²) < 4.78 is 2.09. The van der Waals surface area contributed by atoms with Gasteiger partial charge in [0.05, 0.1) is 0 Å². The number of nitrogens with zero attached hydrogens (tertiary/aromatic N) is 3. The number of halogens is 1. The molecule has 2 unspecified atom stereocenters. The van der Waals surface area contributed by atoms with Crippen molar-refractivity contribution < 1.29 is 0 Å². The Morgan fingerprint density at radius 2 is 1.73 bits per heavy atom. The third kappa shape index (κ3) is 2.17. The van der Waals surface area contributed by atoms with E-state index >= 15 is 0 Å². The molecule has 84 valence electrons. The van der Waals surface area contributed by atoms with Gasteiger partial charge < -0.3 is 0 Å². The molecule has 2 atom stereocenters. The Hall–Kier alpha value is -0.570. The van der Waals surface area contributed by atoms with Gasteiger partial charge in [-0.3, -0.25) is 4.57 Å². The summed E-state index contributed by atoms with van der Waals surface area (Å²) in [7, 11) is 0. The van der Waals surface area contributed by atoms with Crippen LogP contribution in [0.3, 0.4) is 0 Å². The standard InChI is InChI=1S/C11H18ClN3/c1-7-4-8(2)6-10(5-7)15-9(3)13-14-11(15)12/h7-8,10H,4-6H2,1-3H3. The Kier molecular flexibility index (Phi) is 3.01. The van der Waals surface area contributed by atoms with Gasteiger partial charge in [-0.1, -0.05) is 13.8 Å². The zero-order valence-corrected chi connectivity index (χ0v) is 10.3. The first kappa shape index (κ1) is 10.9. The highest BCUT2D eigenvalue weighted by molar-refractivity contribution is 6.28. The van der Waals surface area contributed by atoms with Crippen molar-refractivity contribution >= 4 is 11.6 Å². The van der Waals surface area contributed by atoms with E-state index in [1.165, 1.54) is 19.3 Å². The van der Waals surface area contributed by atoms with Gasteiger partial charge in [-0.2, -0.15) is 0 Å². The van der Waals surface area contributed by atoms with Gasteiger partial charge in [-0.25, -0.2) is 0 Å². The third-order valence-corrected chi connectivity index (χ3v) is 3.60. The van der Waals surface area contributed by atoms with Crippen molar-refractivity contribution in [2.75, 3.05) is 0 Å². The Bertz CT molecular complexity index is 318. The first-order valence-corrected chi connectivity index (χ1v) is 6.02. The minimum absolute atomic E-state index is 0.492. The lowest BCUT2D eigenvalue weighted by Gasteiger charge is -2.32. The van der Waals surface area contributed by atoms with E-state index in [0.717, 1.165) is 17.7 Å². The van der Waals surface area contributed by atoms with Gasteiger partial charge in [-0.05, 0) is 49.6 Å². The van der Waals surface area contributed by atoms with Gasteiger partial charge in [0.1, 0.15) is 5.82 Å². The fourth-order valence-corrected chi connectivity index (χ4v) is 3.17. The predicted octanol–water partition coefficient (Wildman–Crippen LogP) is 3.24. The molecule has 3 nitrogen and oxygen atoms in total. The second kappa shape index (κ2) is 4.12. The van der Waals surface area contributed by atoms with Crippen LogP contribution in [0.25, 0.3) is 0 Å². The Morgan fingerprint density at radius 1 is 1.13 bits per heavy atom. The maximum absolute atomic E-state index is 6.06. The molecule has 0 bridgehead atoms. The number of aryl methyl sites for hydroxylation is 1. The van der Waals surface area contributed by atoms with Crippen LogP contribution in [0.2, 0.25) is 5.28 Å². The summed E-state index contributed by atoms with van der Waals surface area (Å²) in [5.41, 5.74) is 0. The minimum atomic E-state index is 0.492. The first-order chi connectivity index (χ1) is 7.08. The molecule has 4 heteroatoms. The molecule has 1 aliphatic rings. The summed E-state index contributed by atoms with van der Waals surface area (Å²) in [5.74, 6) is 2.49. The molecule has 15 heavy (non-hydrogen) atoms. The third-order valence-electron chi connectivity index (χ3n) is 3.34. The number of hydrogen-bond donors (Lipinski definition) is 0. The van der Waals surface area contributed by atoms with Crippen LogP contribution in [-0.4, -0.2) is 14.8 Å². The summed E-state index contributed by atoms with van der Waals surface area (Å²) in [5, 5.41) is 8.48. The van der Waals surface area contributed by atoms with Gasteiger partial charge in [0.2, 0.25) is 5.28 Å². The molecule has 0 aromatic carbocycles. The van der Waals surface area contributed by atoms with Crippen LogP contribution in [0.15, 0.2) is 0 Å². The van der Waals surface area contributed by atoms with Gasteiger partial charge in [-0.15, -0.1) is 10.2 Å². The normalized spacial score (nSPS) is 31.9. The molecule has 0 radical (unpaired) electrons. The number of rotatable bonds is 1. The van der Waals surface area contributed by atoms with Crippen LogP contribution in [-0.2, 0) is 0 Å². The van der Waals surface area contributed by atoms with Gasteiger partial charge in [0.15, 0.2) is 0 Å². The molecule has 2 rings (SSSR count). The Labute approximate surface area is 95.8 Å². The van der Waals surface area contributed by atoms with Crippen molar-refractivity contribution in [2.45, 2.75) is 46.1 Å². The molecule has 1 heterocycles. The lowest BCUT2D eigenvalue weighted by molar-refractivity contribution is 0.219. The van der Waals surface area contributed by atoms with Crippen LogP contribution in [0, 0.1) is 18.8 Å². The Balaban J connectivity index is 2.23. The smallest absolute Gasteiger partial charge is 0.225 e. The van der Waals surface area contributed by atoms with Crippen molar-refractivity contribution in [2.24, 2.45) is 11.8 Å². The SMILES string of the molecule is Cc1nnc(Cl)n1C1CC(C)CC(C)C1. The summed E-state index contributed by atoms with van der Waals surface area (Å²) >= 11 is 6.06. The lowest BCUT2D eigenvalue weighted by atomic mass is 9.80. The summed E-state index contributed by atoms with van der Waals surface area (Å²) in [6.45, 7) is 6.61. The molecule has 0 spiro atoms. The van der Waals surface area contributed by atoms with Crippen molar-refractivity contribution in [3.05, 3.63) is 11.1 Å². The predicted molar refractivity (Wildman–Crippen MR) is 61.0 cm³/mol. The molecule has 1 aromatic heterocycles. The van der Waals surface area contributed by atoms with Crippen molar-refractivity contribution in [3.63, 3.8) is 0 Å². The molecular formula is C11H18ClN3. The zero-order valence-electron chi connectivity index (χ0n) is 9.57. The van der Waals surface area contributed by atoms with E-state index in [2.05, 4.69) is 28.6 Å². The second-order valence-corrected chi connectivity index (χ2v) is 5.30. The van der Waals surface area contributed by atoms with Crippen molar-refractivity contribution in [3.8, 4) is 0 Å². The van der Waals surface area contributed by atoms with Crippen LogP contribution in [0.5, 0.6) is 0 Å². The maximum Gasteiger partial charge on any atom is 0.225 e. The highest BCUT2D eigenvalue weighted by atomic mass is 35.5. The molecule has 1 saturated carbocycles. The molecule has 1 aliphatic carbocycles. The minimum Gasteiger partial charge on any atom is -0.299 e. The van der Waals surface area contributed by atoms with Crippen LogP contribution in [0.1, 0.15) is 45.0 Å². The van der Waals surface area contributed by atoms with Crippen LogP contribution in [0.4, 0.5) is 0 Å². The fraction of sp³-hybridized carbons (Fsp3) is 0.818. The van der Waals surface area contributed by atoms with Gasteiger partial charge in [0, 0.05) is 6.04 Å². The second-order valence-electron chi connectivity index (χ2n) is 4.96. The van der Waals surface area contributed by atoms with Crippen molar-refractivity contribution in [1.29, 1.82) is 0 Å². The van der Waals surface area contributed by atoms with E-state index in [-0.39, 0.29) is 0 Å². The molecule has 0 N–H and O–H groups in total. The molecule has 1 fully saturated rings. The summed E-state index contributed by atoms with van der Waals surface area (Å²) in [4.78, 5) is 0. The van der Waals surface area contributed by atoms with Crippen LogP contribution >= 0.6 is 11.6 Å². The largest absolute Gasteiger partial charge is 0.299 e. The van der Waals surface area contributed by atoms with E-state index in [9.17, 15) is 0 Å². The molecule has 0 amide bonds. The lowest BCUT2D eigenvalue weighted by Crippen LogP contribution is -2.23. The van der Waals surface area contributed by atoms with E-state index in [1.54, 1.807) is 0 Å². The topological polar surface area (TPSA) is 30.7 Å². The summed E-state index contributed by atoms with van der Waals surface area (Å²) in [6.07, 6.45) is 3.72. The number of hydrogen-bond acceptors (Lipinski definition) is 2. The zero-order chi connectivity index (χ0) is 11.0. The maximum atomic E-state index is 6.06. The highest BCUT2D eigenvalue weighted by Gasteiger charge is 2.27. The van der Waals surface area contributed by atoms with E-state index in [0.29, 0.717) is 11.3 Å². The van der Waals surface area contributed by atoms with Crippen LogP contribution < -0.4 is 0 Å². The Morgan fingerprint density at radius 3 is 2.20 bits per heavy atom. The van der Waals surface area contributed by atoms with E-state index in [1.807, 2.05) is 6.92 Å². The van der Waals surface area contributed by atoms with Gasteiger partial charge in [0.25, 0.3) is 0 Å². The average Bonchev–Trinajstić information content (AvgIpc) is 2.44. The average molecular weight is 228 g/mol. The summed E-state index contributed by atoms with van der Waals surface area (Å²) in [6, 6.07) is 0.492. The molecule has 0 saturated heterocycles. The highest BCUT2D eigenvalue weighted by Crippen LogP contribution is 2.37. The molecule has 0 aliphatic heterocycles. The van der Waals surface area contributed by atoms with E-state index < -0.39 is 0 Å². The van der Waals surface area contributed by atoms with E-state index in [4.69, 9.17) is 11.6 Å².